The van der Waals surface area contributed by atoms with Crippen molar-refractivity contribution in [3.05, 3.63) is 58.0 Å². The summed E-state index contributed by atoms with van der Waals surface area (Å²) in [4.78, 5) is 0. The number of nitrogens with one attached hydrogen (secondary N) is 1. The summed E-state index contributed by atoms with van der Waals surface area (Å²) in [6, 6.07) is 10.00. The first kappa shape index (κ1) is 14.3. The highest BCUT2D eigenvalue weighted by Crippen LogP contribution is 2.35. The fourth-order valence-corrected chi connectivity index (χ4v) is 2.68. The van der Waals surface area contributed by atoms with E-state index in [0.29, 0.717) is 0 Å². The van der Waals surface area contributed by atoms with E-state index in [0.717, 1.165) is 15.8 Å². The summed E-state index contributed by atoms with van der Waals surface area (Å²) in [5.74, 6) is 6.54. The van der Waals surface area contributed by atoms with Gasteiger partial charge in [0.15, 0.2) is 0 Å². The molecule has 0 fully saturated rings. The van der Waals surface area contributed by atoms with E-state index in [9.17, 15) is 0 Å². The van der Waals surface area contributed by atoms with Gasteiger partial charge in [-0.25, -0.2) is 5.43 Å². The molecule has 3 nitrogen and oxygen atoms in total. The minimum Gasteiger partial charge on any atom is -0.466 e. The van der Waals surface area contributed by atoms with Crippen LogP contribution in [0.5, 0.6) is 0 Å². The number of furan rings is 1. The van der Waals surface area contributed by atoms with E-state index in [4.69, 9.17) is 10.3 Å². The predicted octanol–water partition coefficient (Wildman–Crippen LogP) is 3.89. The zero-order chi connectivity index (χ0) is 14.0. The van der Waals surface area contributed by atoms with Crippen molar-refractivity contribution < 1.29 is 4.42 Å². The Morgan fingerprint density at radius 3 is 2.42 bits per heavy atom. The molecule has 2 rings (SSSR count). The molecule has 0 saturated carbocycles. The topological polar surface area (TPSA) is 51.2 Å². The highest BCUT2D eigenvalue weighted by molar-refractivity contribution is 9.10. The van der Waals surface area contributed by atoms with Gasteiger partial charge in [-0.3, -0.25) is 5.84 Å². The maximum absolute atomic E-state index is 5.75. The van der Waals surface area contributed by atoms with E-state index in [1.165, 1.54) is 5.56 Å². The Balaban J connectivity index is 2.54. The standard InChI is InChI=1S/C15H19BrN2O/c1-15(2,3)11-7-5-4-6-10(11)13(18-17)14-12(16)8-9-19-14/h4-9,13,18H,17H2,1-3H3. The summed E-state index contributed by atoms with van der Waals surface area (Å²) >= 11 is 3.49. The lowest BCUT2D eigenvalue weighted by molar-refractivity contribution is 0.443. The van der Waals surface area contributed by atoms with E-state index >= 15 is 0 Å². The van der Waals surface area contributed by atoms with E-state index < -0.39 is 0 Å². The minimum atomic E-state index is -0.167. The largest absolute Gasteiger partial charge is 0.466 e. The molecule has 0 aliphatic carbocycles. The second kappa shape index (κ2) is 5.49. The number of hydrogen-bond acceptors (Lipinski definition) is 3. The molecular weight excluding hydrogens is 304 g/mol. The average molecular weight is 323 g/mol. The van der Waals surface area contributed by atoms with Gasteiger partial charge in [0.25, 0.3) is 0 Å². The Kier molecular flexibility index (Phi) is 4.13. The first-order valence-corrected chi connectivity index (χ1v) is 7.03. The minimum absolute atomic E-state index is 0.0464. The van der Waals surface area contributed by atoms with E-state index in [2.05, 4.69) is 60.3 Å². The van der Waals surface area contributed by atoms with Crippen molar-refractivity contribution in [2.24, 2.45) is 5.84 Å². The summed E-state index contributed by atoms with van der Waals surface area (Å²) in [5.41, 5.74) is 5.28. The fraction of sp³-hybridized carbons (Fsp3) is 0.333. The number of rotatable bonds is 3. The van der Waals surface area contributed by atoms with Crippen molar-refractivity contribution in [2.75, 3.05) is 0 Å². The summed E-state index contributed by atoms with van der Waals surface area (Å²) < 4.78 is 6.47. The maximum atomic E-state index is 5.75. The highest BCUT2D eigenvalue weighted by Gasteiger charge is 2.25. The van der Waals surface area contributed by atoms with Gasteiger partial charge in [-0.1, -0.05) is 45.0 Å². The van der Waals surface area contributed by atoms with Gasteiger partial charge >= 0.3 is 0 Å². The van der Waals surface area contributed by atoms with Gasteiger partial charge in [0, 0.05) is 0 Å². The van der Waals surface area contributed by atoms with Crippen LogP contribution >= 0.6 is 15.9 Å². The molecule has 0 radical (unpaired) electrons. The lowest BCUT2D eigenvalue weighted by Gasteiger charge is -2.26. The van der Waals surface area contributed by atoms with Crippen molar-refractivity contribution in [3.8, 4) is 0 Å². The zero-order valence-corrected chi connectivity index (χ0v) is 13.0. The van der Waals surface area contributed by atoms with Crippen LogP contribution < -0.4 is 11.3 Å². The molecule has 0 saturated heterocycles. The molecule has 1 aromatic heterocycles. The molecule has 0 spiro atoms. The Morgan fingerprint density at radius 2 is 1.89 bits per heavy atom. The van der Waals surface area contributed by atoms with E-state index in [-0.39, 0.29) is 11.5 Å². The van der Waals surface area contributed by atoms with Crippen molar-refractivity contribution in [1.29, 1.82) is 0 Å². The molecule has 4 heteroatoms. The van der Waals surface area contributed by atoms with Gasteiger partial charge < -0.3 is 4.42 Å². The summed E-state index contributed by atoms with van der Waals surface area (Å²) in [6.07, 6.45) is 1.66. The molecule has 19 heavy (non-hydrogen) atoms. The number of nitrogens with two attached hydrogens (primary N) is 1. The van der Waals surface area contributed by atoms with Crippen molar-refractivity contribution >= 4 is 15.9 Å². The molecule has 1 aromatic carbocycles. The van der Waals surface area contributed by atoms with E-state index in [1.807, 2.05) is 12.1 Å². The van der Waals surface area contributed by atoms with Crippen molar-refractivity contribution in [3.63, 3.8) is 0 Å². The molecule has 2 aromatic rings. The molecule has 0 aliphatic rings. The molecule has 0 bridgehead atoms. The fourth-order valence-electron chi connectivity index (χ4n) is 2.25. The van der Waals surface area contributed by atoms with Gasteiger partial charge in [0.2, 0.25) is 0 Å². The Labute approximate surface area is 122 Å². The molecule has 1 heterocycles. The van der Waals surface area contributed by atoms with Crippen LogP contribution in [0.2, 0.25) is 0 Å². The van der Waals surface area contributed by atoms with Crippen LogP contribution in [0.4, 0.5) is 0 Å². The van der Waals surface area contributed by atoms with Crippen LogP contribution in [0, 0.1) is 0 Å². The van der Waals surface area contributed by atoms with E-state index in [1.54, 1.807) is 6.26 Å². The highest BCUT2D eigenvalue weighted by atomic mass is 79.9. The van der Waals surface area contributed by atoms with Crippen LogP contribution in [0.3, 0.4) is 0 Å². The lowest BCUT2D eigenvalue weighted by atomic mass is 9.81. The monoisotopic (exact) mass is 322 g/mol. The molecular formula is C15H19BrN2O. The van der Waals surface area contributed by atoms with Gasteiger partial charge in [-0.05, 0) is 38.5 Å². The third kappa shape index (κ3) is 2.91. The first-order valence-electron chi connectivity index (χ1n) is 6.23. The molecule has 3 N–H and O–H groups in total. The van der Waals surface area contributed by atoms with Crippen LogP contribution in [0.25, 0.3) is 0 Å². The predicted molar refractivity (Wildman–Crippen MR) is 80.7 cm³/mol. The van der Waals surface area contributed by atoms with Crippen LogP contribution in [-0.2, 0) is 5.41 Å². The quantitative estimate of drug-likeness (QED) is 0.665. The molecule has 1 unspecified atom stereocenters. The summed E-state index contributed by atoms with van der Waals surface area (Å²) in [6.45, 7) is 6.57. The molecule has 0 aliphatic heterocycles. The third-order valence-corrected chi connectivity index (χ3v) is 3.81. The third-order valence-electron chi connectivity index (χ3n) is 3.15. The van der Waals surface area contributed by atoms with Gasteiger partial charge in [0.1, 0.15) is 11.8 Å². The van der Waals surface area contributed by atoms with Gasteiger partial charge in [0.05, 0.1) is 10.7 Å². The smallest absolute Gasteiger partial charge is 0.140 e. The lowest BCUT2D eigenvalue weighted by Crippen LogP contribution is -2.31. The van der Waals surface area contributed by atoms with Gasteiger partial charge in [-0.2, -0.15) is 0 Å². The zero-order valence-electron chi connectivity index (χ0n) is 11.4. The second-order valence-electron chi connectivity index (χ2n) is 5.57. The number of hydrazine groups is 1. The Morgan fingerprint density at radius 1 is 1.21 bits per heavy atom. The Bertz CT molecular complexity index is 557. The first-order chi connectivity index (χ1) is 8.95. The van der Waals surface area contributed by atoms with Crippen molar-refractivity contribution in [1.82, 2.24) is 5.43 Å². The summed E-state index contributed by atoms with van der Waals surface area (Å²) in [5, 5.41) is 0. The van der Waals surface area contributed by atoms with Crippen molar-refractivity contribution in [2.45, 2.75) is 32.2 Å². The molecule has 1 atom stereocenters. The number of hydrogen-bond donors (Lipinski definition) is 2. The van der Waals surface area contributed by atoms with Crippen LogP contribution in [-0.4, -0.2) is 0 Å². The second-order valence-corrected chi connectivity index (χ2v) is 6.42. The Hall–Kier alpha value is -1.10. The summed E-state index contributed by atoms with van der Waals surface area (Å²) in [7, 11) is 0. The van der Waals surface area contributed by atoms with Crippen LogP contribution in [0.15, 0.2) is 45.5 Å². The van der Waals surface area contributed by atoms with Gasteiger partial charge in [-0.15, -0.1) is 0 Å². The number of benzene rings is 1. The number of halogens is 1. The maximum Gasteiger partial charge on any atom is 0.140 e. The van der Waals surface area contributed by atoms with Crippen LogP contribution in [0.1, 0.15) is 43.7 Å². The average Bonchev–Trinajstić information content (AvgIpc) is 2.76. The normalized spacial score (nSPS) is 13.5. The molecule has 102 valence electrons. The SMILES string of the molecule is CC(C)(C)c1ccccc1C(NN)c1occc1Br. The molecule has 0 amide bonds.